The Hall–Kier alpha value is -0.0500. The summed E-state index contributed by atoms with van der Waals surface area (Å²) in [7, 11) is 0.381. The van der Waals surface area contributed by atoms with Gasteiger partial charge in [0.25, 0.3) is 8.53 Å². The van der Waals surface area contributed by atoms with Crippen LogP contribution in [-0.2, 0) is 13.9 Å². The molecule has 24 heavy (non-hydrogen) atoms. The molecule has 0 aromatic heterocycles. The van der Waals surface area contributed by atoms with Crippen LogP contribution >= 0.6 is 32.4 Å². The first kappa shape index (κ1) is 22.0. The van der Waals surface area contributed by atoms with E-state index in [9.17, 15) is 4.79 Å². The van der Waals surface area contributed by atoms with Crippen LogP contribution in [0.15, 0.2) is 5.16 Å². The first-order chi connectivity index (χ1) is 11.0. The highest BCUT2D eigenvalue weighted by Crippen LogP contribution is 2.55. The minimum Gasteiger partial charge on any atom is -0.321 e. The summed E-state index contributed by atoms with van der Waals surface area (Å²) in [6.07, 6.45) is 1.32. The van der Waals surface area contributed by atoms with Crippen LogP contribution in [0.2, 0.25) is 0 Å². The number of hydrogen-bond acceptors (Lipinski definition) is 8. The van der Waals surface area contributed by atoms with Crippen LogP contribution in [0.1, 0.15) is 41.5 Å². The summed E-state index contributed by atoms with van der Waals surface area (Å²) in [5.74, 6) is 0. The van der Waals surface area contributed by atoms with Gasteiger partial charge in [0.1, 0.15) is 5.04 Å². The summed E-state index contributed by atoms with van der Waals surface area (Å²) in [4.78, 5) is 17.0. The highest BCUT2D eigenvalue weighted by atomic mass is 32.2. The van der Waals surface area contributed by atoms with Gasteiger partial charge in [-0.05, 0) is 34.0 Å². The third kappa shape index (κ3) is 7.06. The topological polar surface area (TPSA) is 63.6 Å². The van der Waals surface area contributed by atoms with E-state index in [1.54, 1.807) is 14.0 Å². The number of carbonyl (C=O) groups is 1. The summed E-state index contributed by atoms with van der Waals surface area (Å²) in [6.45, 7) is 13.4. The zero-order valence-corrected chi connectivity index (χ0v) is 18.2. The lowest BCUT2D eigenvalue weighted by atomic mass is 9.97. The number of oxime groups is 1. The molecule has 1 saturated heterocycles. The second-order valence-corrected chi connectivity index (χ2v) is 10.9. The lowest BCUT2D eigenvalue weighted by Crippen LogP contribution is -2.40. The molecule has 7 nitrogen and oxygen atoms in total. The zero-order valence-electron chi connectivity index (χ0n) is 15.7. The van der Waals surface area contributed by atoms with E-state index in [0.29, 0.717) is 18.3 Å². The maximum atomic E-state index is 12.1. The lowest BCUT2D eigenvalue weighted by molar-refractivity contribution is 0.0467. The third-order valence-corrected chi connectivity index (χ3v) is 6.84. The SMILES string of the molecule is CSC(C)=NOC(=O)N(C)SN(P1OCC(C)(C)CO1)C(C)(C)C. The van der Waals surface area contributed by atoms with Crippen molar-refractivity contribution in [3.05, 3.63) is 0 Å². The van der Waals surface area contributed by atoms with Crippen molar-refractivity contribution < 1.29 is 18.7 Å². The molecule has 1 heterocycles. The molecule has 140 valence electrons. The molecule has 0 radical (unpaired) electrons. The molecular formula is C14H28N3O4PS2. The highest BCUT2D eigenvalue weighted by Gasteiger charge is 2.40. The summed E-state index contributed by atoms with van der Waals surface area (Å²) in [5, 5.41) is 4.44. The first-order valence-corrected chi connectivity index (χ1v) is 10.6. The van der Waals surface area contributed by atoms with Gasteiger partial charge in [-0.25, -0.2) is 9.10 Å². The van der Waals surface area contributed by atoms with E-state index < -0.39 is 14.6 Å². The van der Waals surface area contributed by atoms with Gasteiger partial charge in [0, 0.05) is 18.0 Å². The van der Waals surface area contributed by atoms with E-state index in [-0.39, 0.29) is 11.0 Å². The Kier molecular flexibility index (Phi) is 8.29. The fourth-order valence-electron chi connectivity index (χ4n) is 1.39. The number of nitrogens with zero attached hydrogens (tertiary/aromatic N) is 3. The monoisotopic (exact) mass is 397 g/mol. The predicted octanol–water partition coefficient (Wildman–Crippen LogP) is 4.71. The average molecular weight is 398 g/mol. The van der Waals surface area contributed by atoms with Crippen molar-refractivity contribution in [2.24, 2.45) is 10.6 Å². The minimum absolute atomic E-state index is 0.00193. The Morgan fingerprint density at radius 3 is 2.29 bits per heavy atom. The van der Waals surface area contributed by atoms with Crippen molar-refractivity contribution in [3.8, 4) is 0 Å². The zero-order chi connectivity index (χ0) is 18.5. The Balaban J connectivity index is 2.71. The molecule has 0 atom stereocenters. The van der Waals surface area contributed by atoms with Crippen LogP contribution in [0.25, 0.3) is 0 Å². The summed E-state index contributed by atoms with van der Waals surface area (Å²) in [5.41, 5.74) is -0.257. The summed E-state index contributed by atoms with van der Waals surface area (Å²) in [6, 6.07) is 0. The standard InChI is InChI=1S/C14H28N3O4PS2/c1-11(23-8)15-21-12(18)16(7)24-17(13(2,3)4)22-19-9-14(5,6)10-20-22/h9-10H2,1-8H3. The predicted molar refractivity (Wildman–Crippen MR) is 103 cm³/mol. The van der Waals surface area contributed by atoms with Gasteiger partial charge in [0.15, 0.2) is 0 Å². The van der Waals surface area contributed by atoms with Crippen molar-refractivity contribution in [2.75, 3.05) is 26.5 Å². The summed E-state index contributed by atoms with van der Waals surface area (Å²) >= 11 is 2.64. The van der Waals surface area contributed by atoms with Crippen molar-refractivity contribution in [1.29, 1.82) is 0 Å². The molecule has 0 bridgehead atoms. The molecule has 0 saturated carbocycles. The molecule has 0 aromatic carbocycles. The molecule has 0 N–H and O–H groups in total. The molecule has 0 aliphatic carbocycles. The van der Waals surface area contributed by atoms with E-state index in [4.69, 9.17) is 13.9 Å². The second kappa shape index (κ2) is 9.05. The molecule has 1 fully saturated rings. The van der Waals surface area contributed by atoms with E-state index >= 15 is 0 Å². The molecule has 1 aliphatic heterocycles. The van der Waals surface area contributed by atoms with Gasteiger partial charge in [-0.15, -0.1) is 11.8 Å². The van der Waals surface area contributed by atoms with Crippen LogP contribution in [-0.4, -0.2) is 51.6 Å². The maximum Gasteiger partial charge on any atom is 0.446 e. The second-order valence-electron chi connectivity index (χ2n) is 7.14. The van der Waals surface area contributed by atoms with Gasteiger partial charge < -0.3 is 9.05 Å². The van der Waals surface area contributed by atoms with Crippen LogP contribution < -0.4 is 0 Å². The van der Waals surface area contributed by atoms with E-state index in [0.717, 1.165) is 0 Å². The van der Waals surface area contributed by atoms with Crippen molar-refractivity contribution >= 4 is 43.6 Å². The number of thioether (sulfide) groups is 1. The van der Waals surface area contributed by atoms with Crippen LogP contribution in [0.4, 0.5) is 4.79 Å². The number of carbonyl (C=O) groups excluding carboxylic acids is 1. The molecule has 1 aliphatic rings. The van der Waals surface area contributed by atoms with E-state index in [1.165, 1.54) is 28.2 Å². The van der Waals surface area contributed by atoms with Gasteiger partial charge in [-0.2, -0.15) is 4.08 Å². The fourth-order valence-corrected chi connectivity index (χ4v) is 4.62. The highest BCUT2D eigenvalue weighted by molar-refractivity contribution is 8.13. The van der Waals surface area contributed by atoms with Crippen molar-refractivity contribution in [3.63, 3.8) is 0 Å². The fraction of sp³-hybridized carbons (Fsp3) is 0.857. The Bertz CT molecular complexity index is 461. The van der Waals surface area contributed by atoms with Crippen molar-refractivity contribution in [2.45, 2.75) is 47.1 Å². The number of amides is 1. The average Bonchev–Trinajstić information content (AvgIpc) is 2.49. The minimum atomic E-state index is -1.26. The molecule has 1 amide bonds. The van der Waals surface area contributed by atoms with Gasteiger partial charge in [-0.3, -0.25) is 4.84 Å². The molecular weight excluding hydrogens is 369 g/mol. The van der Waals surface area contributed by atoms with Crippen LogP contribution in [0, 0.1) is 5.41 Å². The summed E-state index contributed by atoms with van der Waals surface area (Å²) < 4.78 is 15.2. The molecule has 0 unspecified atom stereocenters. The molecule has 1 rings (SSSR count). The van der Waals surface area contributed by atoms with E-state index in [1.807, 2.05) is 31.1 Å². The lowest BCUT2D eigenvalue weighted by Gasteiger charge is -2.43. The largest absolute Gasteiger partial charge is 0.446 e. The van der Waals surface area contributed by atoms with E-state index in [2.05, 4.69) is 19.0 Å². The maximum absolute atomic E-state index is 12.1. The molecule has 0 spiro atoms. The normalized spacial score (nSPS) is 19.5. The number of rotatable bonds is 4. The van der Waals surface area contributed by atoms with Crippen LogP contribution in [0.3, 0.4) is 0 Å². The molecule has 0 aromatic rings. The Morgan fingerprint density at radius 1 is 1.29 bits per heavy atom. The van der Waals surface area contributed by atoms with Gasteiger partial charge in [0.2, 0.25) is 0 Å². The van der Waals surface area contributed by atoms with Gasteiger partial charge >= 0.3 is 6.09 Å². The molecule has 10 heteroatoms. The number of hydrogen-bond donors (Lipinski definition) is 0. The van der Waals surface area contributed by atoms with Crippen molar-refractivity contribution in [1.82, 2.24) is 8.38 Å². The smallest absolute Gasteiger partial charge is 0.321 e. The Morgan fingerprint density at radius 2 is 1.83 bits per heavy atom. The van der Waals surface area contributed by atoms with Gasteiger partial charge in [0.05, 0.1) is 25.3 Å². The first-order valence-electron chi connectivity index (χ1n) is 7.54. The Labute approximate surface area is 155 Å². The third-order valence-electron chi connectivity index (χ3n) is 2.86. The van der Waals surface area contributed by atoms with Gasteiger partial charge in [-0.1, -0.05) is 19.0 Å². The quantitative estimate of drug-likeness (QED) is 0.170. The van der Waals surface area contributed by atoms with Crippen LogP contribution in [0.5, 0.6) is 0 Å².